The van der Waals surface area contributed by atoms with Gasteiger partial charge >= 0.3 is 7.12 Å². The van der Waals surface area contributed by atoms with Crippen LogP contribution in [0.25, 0.3) is 0 Å². The minimum Gasteiger partial charge on any atom is -0.426 e. The Kier molecular flexibility index (Phi) is 9.78. The Balaban J connectivity index is 2.05. The quantitative estimate of drug-likeness (QED) is 0.471. The summed E-state index contributed by atoms with van der Waals surface area (Å²) in [4.78, 5) is 25.6. The monoisotopic (exact) mass is 409 g/mol. The highest BCUT2D eigenvalue weighted by molar-refractivity contribution is 6.43. The summed E-state index contributed by atoms with van der Waals surface area (Å²) in [5, 5.41) is 22.1. The van der Waals surface area contributed by atoms with Crippen LogP contribution in [0.1, 0.15) is 44.2 Å². The summed E-state index contributed by atoms with van der Waals surface area (Å²) in [6.07, 6.45) is 2.03. The Morgan fingerprint density at radius 2 is 1.50 bits per heavy atom. The highest BCUT2D eigenvalue weighted by Gasteiger charge is 2.30. The zero-order valence-corrected chi connectivity index (χ0v) is 17.8. The van der Waals surface area contributed by atoms with Crippen molar-refractivity contribution >= 4 is 18.8 Å². The van der Waals surface area contributed by atoms with E-state index in [1.807, 2.05) is 74.5 Å². The molecule has 0 radical (unpaired) electrons. The molecule has 3 N–H and O–H groups in total. The number of carbonyl (C=O) groups is 2. The molecule has 2 aromatic rings. The van der Waals surface area contributed by atoms with Gasteiger partial charge in [0, 0.05) is 18.8 Å². The van der Waals surface area contributed by atoms with Gasteiger partial charge in [-0.25, -0.2) is 0 Å². The lowest BCUT2D eigenvalue weighted by molar-refractivity contribution is -0.129. The first-order chi connectivity index (χ1) is 14.3. The van der Waals surface area contributed by atoms with Gasteiger partial charge in [0.05, 0.1) is 5.94 Å². The average Bonchev–Trinajstić information content (AvgIpc) is 2.72. The fourth-order valence-electron chi connectivity index (χ4n) is 3.53. The topological polar surface area (TPSA) is 86.6 Å². The van der Waals surface area contributed by atoms with Crippen molar-refractivity contribution in [3.8, 4) is 0 Å². The van der Waals surface area contributed by atoms with E-state index < -0.39 is 19.0 Å². The molecule has 30 heavy (non-hydrogen) atoms. The van der Waals surface area contributed by atoms with Crippen molar-refractivity contribution in [2.45, 2.75) is 51.9 Å². The standard InChI is InChI=1S/C24H32BNO4/c1-18(2)15-23(25(29)30)26-24(28)21(16-20-11-7-4-8-12-20)17-22(27)14-13-19-9-5-3-6-10-19/h3-12,18,21,23,29-30H,13-17H2,1-2H3,(H,26,28)/t21-,23+/m1/s1. The Labute approximate surface area is 179 Å². The van der Waals surface area contributed by atoms with Crippen LogP contribution in [0.5, 0.6) is 0 Å². The number of carbonyl (C=O) groups excluding carboxylic acids is 2. The van der Waals surface area contributed by atoms with Crippen molar-refractivity contribution in [1.29, 1.82) is 0 Å². The third-order valence-electron chi connectivity index (χ3n) is 5.12. The smallest absolute Gasteiger partial charge is 0.426 e. The number of Topliss-reactive ketones (excluding diaryl/α,β-unsaturated/α-hetero) is 1. The van der Waals surface area contributed by atoms with E-state index in [1.54, 1.807) is 0 Å². The van der Waals surface area contributed by atoms with E-state index in [9.17, 15) is 19.6 Å². The highest BCUT2D eigenvalue weighted by Crippen LogP contribution is 2.17. The molecule has 0 aliphatic rings. The summed E-state index contributed by atoms with van der Waals surface area (Å²) in [7, 11) is -1.64. The van der Waals surface area contributed by atoms with Crippen molar-refractivity contribution in [2.24, 2.45) is 11.8 Å². The average molecular weight is 409 g/mol. The molecule has 0 fully saturated rings. The van der Waals surface area contributed by atoms with E-state index in [0.29, 0.717) is 25.7 Å². The van der Waals surface area contributed by atoms with Crippen molar-refractivity contribution in [3.05, 3.63) is 71.8 Å². The summed E-state index contributed by atoms with van der Waals surface area (Å²) < 4.78 is 0. The maximum atomic E-state index is 13.0. The van der Waals surface area contributed by atoms with E-state index in [2.05, 4.69) is 5.32 Å². The third kappa shape index (κ3) is 8.51. The van der Waals surface area contributed by atoms with E-state index in [4.69, 9.17) is 0 Å². The van der Waals surface area contributed by atoms with Crippen LogP contribution in [0.2, 0.25) is 0 Å². The predicted molar refractivity (Wildman–Crippen MR) is 120 cm³/mol. The van der Waals surface area contributed by atoms with Crippen LogP contribution in [-0.2, 0) is 22.4 Å². The summed E-state index contributed by atoms with van der Waals surface area (Å²) in [6, 6.07) is 19.4. The van der Waals surface area contributed by atoms with Gasteiger partial charge in [-0.2, -0.15) is 0 Å². The molecule has 6 heteroatoms. The van der Waals surface area contributed by atoms with Gasteiger partial charge < -0.3 is 15.4 Å². The van der Waals surface area contributed by atoms with E-state index in [0.717, 1.165) is 11.1 Å². The normalized spacial score (nSPS) is 13.0. The zero-order valence-electron chi connectivity index (χ0n) is 17.8. The maximum Gasteiger partial charge on any atom is 0.475 e. The second-order valence-electron chi connectivity index (χ2n) is 8.27. The summed E-state index contributed by atoms with van der Waals surface area (Å²) in [5.74, 6) is -1.40. The number of nitrogens with one attached hydrogen (secondary N) is 1. The number of benzene rings is 2. The molecule has 0 aliphatic carbocycles. The SMILES string of the molecule is CC(C)C[C@H](NC(=O)[C@@H](CC(=O)CCc1ccccc1)Cc1ccccc1)B(O)O. The van der Waals surface area contributed by atoms with Gasteiger partial charge in [0.2, 0.25) is 5.91 Å². The van der Waals surface area contributed by atoms with Gasteiger partial charge in [-0.15, -0.1) is 0 Å². The Bertz CT molecular complexity index is 780. The summed E-state index contributed by atoms with van der Waals surface area (Å²) in [6.45, 7) is 3.91. The summed E-state index contributed by atoms with van der Waals surface area (Å²) in [5.41, 5.74) is 2.06. The first kappa shape index (κ1) is 23.8. The van der Waals surface area contributed by atoms with Gasteiger partial charge in [-0.3, -0.25) is 9.59 Å². The van der Waals surface area contributed by atoms with Crippen molar-refractivity contribution in [2.75, 3.05) is 0 Å². The highest BCUT2D eigenvalue weighted by atomic mass is 16.4. The van der Waals surface area contributed by atoms with Gasteiger partial charge in [-0.05, 0) is 36.3 Å². The van der Waals surface area contributed by atoms with Crippen molar-refractivity contribution in [1.82, 2.24) is 5.32 Å². The Hall–Kier alpha value is -2.44. The molecule has 5 nitrogen and oxygen atoms in total. The molecule has 0 aliphatic heterocycles. The predicted octanol–water partition coefficient (Wildman–Crippen LogP) is 2.98. The number of hydrogen-bond acceptors (Lipinski definition) is 4. The molecule has 0 saturated heterocycles. The molecule has 0 bridgehead atoms. The molecular formula is C24H32BNO4. The molecule has 160 valence electrons. The summed E-state index contributed by atoms with van der Waals surface area (Å²) >= 11 is 0. The maximum absolute atomic E-state index is 13.0. The fraction of sp³-hybridized carbons (Fsp3) is 0.417. The molecule has 2 aromatic carbocycles. The number of rotatable bonds is 12. The molecule has 2 rings (SSSR count). The Morgan fingerprint density at radius 3 is 2.03 bits per heavy atom. The van der Waals surface area contributed by atoms with Crippen LogP contribution >= 0.6 is 0 Å². The molecule has 0 saturated carbocycles. The first-order valence-corrected chi connectivity index (χ1v) is 10.6. The second kappa shape index (κ2) is 12.3. The molecular weight excluding hydrogens is 377 g/mol. The van der Waals surface area contributed by atoms with Crippen LogP contribution in [0, 0.1) is 11.8 Å². The number of ketones is 1. The first-order valence-electron chi connectivity index (χ1n) is 10.6. The number of amides is 1. The lowest BCUT2D eigenvalue weighted by Gasteiger charge is -2.23. The largest absolute Gasteiger partial charge is 0.475 e. The minimum atomic E-state index is -1.64. The molecule has 2 atom stereocenters. The minimum absolute atomic E-state index is 0.0277. The lowest BCUT2D eigenvalue weighted by atomic mass is 9.74. The zero-order chi connectivity index (χ0) is 21.9. The van der Waals surface area contributed by atoms with Crippen molar-refractivity contribution < 1.29 is 19.6 Å². The van der Waals surface area contributed by atoms with Crippen LogP contribution in [0.3, 0.4) is 0 Å². The number of aryl methyl sites for hydroxylation is 1. The van der Waals surface area contributed by atoms with Crippen LogP contribution < -0.4 is 5.32 Å². The van der Waals surface area contributed by atoms with Gasteiger partial charge in [-0.1, -0.05) is 74.5 Å². The lowest BCUT2D eigenvalue weighted by Crippen LogP contribution is -2.49. The molecule has 0 heterocycles. The molecule has 0 aromatic heterocycles. The van der Waals surface area contributed by atoms with Crippen LogP contribution in [0.4, 0.5) is 0 Å². The second-order valence-corrected chi connectivity index (χ2v) is 8.27. The van der Waals surface area contributed by atoms with Gasteiger partial charge in [0.15, 0.2) is 0 Å². The van der Waals surface area contributed by atoms with E-state index in [-0.39, 0.29) is 24.0 Å². The molecule has 0 unspecified atom stereocenters. The van der Waals surface area contributed by atoms with Gasteiger partial charge in [0.25, 0.3) is 0 Å². The van der Waals surface area contributed by atoms with Crippen molar-refractivity contribution in [3.63, 3.8) is 0 Å². The third-order valence-corrected chi connectivity index (χ3v) is 5.12. The van der Waals surface area contributed by atoms with Gasteiger partial charge in [0.1, 0.15) is 5.78 Å². The van der Waals surface area contributed by atoms with E-state index in [1.165, 1.54) is 0 Å². The number of hydrogen-bond donors (Lipinski definition) is 3. The molecule has 0 spiro atoms. The van der Waals surface area contributed by atoms with Crippen LogP contribution in [0.15, 0.2) is 60.7 Å². The fourth-order valence-corrected chi connectivity index (χ4v) is 3.53. The molecule has 1 amide bonds. The van der Waals surface area contributed by atoms with E-state index >= 15 is 0 Å². The van der Waals surface area contributed by atoms with Crippen LogP contribution in [-0.4, -0.2) is 34.8 Å². The Morgan fingerprint density at radius 1 is 0.933 bits per heavy atom.